The highest BCUT2D eigenvalue weighted by molar-refractivity contribution is 7.10. The zero-order chi connectivity index (χ0) is 13.8. The molecule has 2 aromatic rings. The smallest absolute Gasteiger partial charge is 0.251 e. The average Bonchev–Trinajstić information content (AvgIpc) is 2.77. The number of carbonyl (C=O) groups excluding carboxylic acids is 1. The van der Waals surface area contributed by atoms with Crippen LogP contribution in [0.3, 0.4) is 0 Å². The van der Waals surface area contributed by atoms with Crippen LogP contribution in [-0.2, 0) is 17.9 Å². The van der Waals surface area contributed by atoms with Gasteiger partial charge in [-0.25, -0.2) is 0 Å². The summed E-state index contributed by atoms with van der Waals surface area (Å²) in [5, 5.41) is 4.78. The van der Waals surface area contributed by atoms with E-state index in [2.05, 4.69) is 5.32 Å². The molecule has 0 spiro atoms. The summed E-state index contributed by atoms with van der Waals surface area (Å²) in [6, 6.07) is 4.88. The van der Waals surface area contributed by atoms with Crippen LogP contribution in [0.25, 0.3) is 0 Å². The molecule has 0 radical (unpaired) electrons. The Morgan fingerprint density at radius 1 is 1.42 bits per heavy atom. The molecule has 2 aromatic heterocycles. The molecule has 2 heterocycles. The molecule has 5 nitrogen and oxygen atoms in total. The number of nitrogens with two attached hydrogens (primary N) is 1. The highest BCUT2D eigenvalue weighted by Crippen LogP contribution is 2.14. The second-order valence-electron chi connectivity index (χ2n) is 4.23. The Bertz CT molecular complexity index is 645. The normalized spacial score (nSPS) is 10.4. The molecule has 19 heavy (non-hydrogen) atoms. The minimum Gasteiger partial charge on any atom is -0.398 e. The molecule has 0 aliphatic carbocycles. The van der Waals surface area contributed by atoms with Crippen LogP contribution in [0.1, 0.15) is 10.4 Å². The minimum absolute atomic E-state index is 0.0195. The maximum atomic E-state index is 11.8. The van der Waals surface area contributed by atoms with Crippen molar-refractivity contribution in [3.8, 4) is 0 Å². The van der Waals surface area contributed by atoms with Gasteiger partial charge in [-0.2, -0.15) is 0 Å². The van der Waals surface area contributed by atoms with Crippen LogP contribution in [0.15, 0.2) is 34.6 Å². The highest BCUT2D eigenvalue weighted by atomic mass is 32.1. The summed E-state index contributed by atoms with van der Waals surface area (Å²) in [7, 11) is 0. The van der Waals surface area contributed by atoms with E-state index in [0.717, 1.165) is 10.4 Å². The predicted octanol–water partition coefficient (Wildman–Crippen LogP) is 1.12. The van der Waals surface area contributed by atoms with Gasteiger partial charge in [0.15, 0.2) is 0 Å². The van der Waals surface area contributed by atoms with Crippen LogP contribution in [0.5, 0.6) is 0 Å². The summed E-state index contributed by atoms with van der Waals surface area (Å²) in [5.74, 6) is -0.208. The number of nitrogens with zero attached hydrogens (tertiary/aromatic N) is 1. The lowest BCUT2D eigenvalue weighted by Crippen LogP contribution is -2.31. The van der Waals surface area contributed by atoms with E-state index >= 15 is 0 Å². The van der Waals surface area contributed by atoms with Crippen molar-refractivity contribution in [3.63, 3.8) is 0 Å². The van der Waals surface area contributed by atoms with E-state index in [1.54, 1.807) is 11.3 Å². The number of hydrogen-bond acceptors (Lipinski definition) is 4. The Morgan fingerprint density at radius 2 is 2.21 bits per heavy atom. The third kappa shape index (κ3) is 3.45. The van der Waals surface area contributed by atoms with Gasteiger partial charge < -0.3 is 15.6 Å². The van der Waals surface area contributed by atoms with E-state index in [4.69, 9.17) is 5.73 Å². The maximum absolute atomic E-state index is 11.8. The highest BCUT2D eigenvalue weighted by Gasteiger charge is 2.06. The molecule has 0 aliphatic heterocycles. The second-order valence-corrected chi connectivity index (χ2v) is 5.23. The Hall–Kier alpha value is -2.08. The Balaban J connectivity index is 1.96. The Morgan fingerprint density at radius 3 is 2.89 bits per heavy atom. The number of aryl methyl sites for hydroxylation is 1. The number of thiophene rings is 1. The first kappa shape index (κ1) is 13.4. The van der Waals surface area contributed by atoms with Gasteiger partial charge >= 0.3 is 0 Å². The summed E-state index contributed by atoms with van der Waals surface area (Å²) in [4.78, 5) is 24.4. The molecule has 0 bridgehead atoms. The first-order valence-electron chi connectivity index (χ1n) is 5.82. The molecule has 1 amide bonds. The molecule has 3 N–H and O–H groups in total. The van der Waals surface area contributed by atoms with E-state index in [0.29, 0.717) is 12.2 Å². The van der Waals surface area contributed by atoms with Crippen LogP contribution >= 0.6 is 11.3 Å². The summed E-state index contributed by atoms with van der Waals surface area (Å²) in [6.45, 7) is 2.47. The van der Waals surface area contributed by atoms with E-state index in [1.807, 2.05) is 18.4 Å². The summed E-state index contributed by atoms with van der Waals surface area (Å²) in [6.07, 6.45) is 1.47. The molecule has 6 heteroatoms. The standard InChI is InChI=1S/C13H15N3O2S/c1-9-4-5-19-11(9)6-15-12(17)8-16-7-10(14)2-3-13(16)18/h2-5,7H,6,8,14H2,1H3,(H,15,17). The van der Waals surface area contributed by atoms with Crippen LogP contribution in [0.4, 0.5) is 5.69 Å². The number of nitrogen functional groups attached to an aromatic ring is 1. The fraction of sp³-hybridized carbons (Fsp3) is 0.231. The van der Waals surface area contributed by atoms with Gasteiger partial charge in [0.2, 0.25) is 5.91 Å². The largest absolute Gasteiger partial charge is 0.398 e. The lowest BCUT2D eigenvalue weighted by Gasteiger charge is -2.07. The molecule has 0 saturated heterocycles. The van der Waals surface area contributed by atoms with Crippen molar-refractivity contribution in [1.29, 1.82) is 0 Å². The number of hydrogen-bond donors (Lipinski definition) is 2. The van der Waals surface area contributed by atoms with Gasteiger partial charge in [0, 0.05) is 22.8 Å². The first-order chi connectivity index (χ1) is 9.06. The van der Waals surface area contributed by atoms with E-state index in [1.165, 1.54) is 22.9 Å². The summed E-state index contributed by atoms with van der Waals surface area (Å²) >= 11 is 1.60. The SMILES string of the molecule is Cc1ccsc1CNC(=O)Cn1cc(N)ccc1=O. The van der Waals surface area contributed by atoms with E-state index in [9.17, 15) is 9.59 Å². The third-order valence-corrected chi connectivity index (χ3v) is 3.76. The van der Waals surface area contributed by atoms with Gasteiger partial charge in [-0.15, -0.1) is 11.3 Å². The molecular weight excluding hydrogens is 262 g/mol. The topological polar surface area (TPSA) is 77.1 Å². The Labute approximate surface area is 114 Å². The molecule has 0 aliphatic rings. The number of nitrogens with one attached hydrogen (secondary N) is 1. The second kappa shape index (κ2) is 5.71. The van der Waals surface area contributed by atoms with Crippen LogP contribution < -0.4 is 16.6 Å². The Kier molecular flexibility index (Phi) is 4.01. The van der Waals surface area contributed by atoms with Gasteiger partial charge in [0.25, 0.3) is 5.56 Å². The zero-order valence-corrected chi connectivity index (χ0v) is 11.4. The molecule has 0 fully saturated rings. The molecule has 0 unspecified atom stereocenters. The lowest BCUT2D eigenvalue weighted by molar-refractivity contribution is -0.121. The monoisotopic (exact) mass is 277 g/mol. The fourth-order valence-corrected chi connectivity index (χ4v) is 2.49. The molecule has 0 saturated carbocycles. The lowest BCUT2D eigenvalue weighted by atomic mass is 10.3. The van der Waals surface area contributed by atoms with E-state index in [-0.39, 0.29) is 18.0 Å². The van der Waals surface area contributed by atoms with Crippen molar-refractivity contribution in [2.75, 3.05) is 5.73 Å². The van der Waals surface area contributed by atoms with Gasteiger partial charge in [-0.3, -0.25) is 9.59 Å². The summed E-state index contributed by atoms with van der Waals surface area (Å²) in [5.41, 5.74) is 6.96. The van der Waals surface area contributed by atoms with Crippen LogP contribution in [0, 0.1) is 6.92 Å². The summed E-state index contributed by atoms with van der Waals surface area (Å²) < 4.78 is 1.30. The van der Waals surface area contributed by atoms with Crippen molar-refractivity contribution in [2.24, 2.45) is 0 Å². The number of rotatable bonds is 4. The third-order valence-electron chi connectivity index (χ3n) is 2.73. The first-order valence-corrected chi connectivity index (χ1v) is 6.70. The fourth-order valence-electron chi connectivity index (χ4n) is 1.65. The molecular formula is C13H15N3O2S. The molecule has 100 valence electrons. The molecule has 2 rings (SSSR count). The van der Waals surface area contributed by atoms with Crippen molar-refractivity contribution in [2.45, 2.75) is 20.0 Å². The predicted molar refractivity (Wildman–Crippen MR) is 76.0 cm³/mol. The molecule has 0 atom stereocenters. The van der Waals surface area contributed by atoms with Gasteiger partial charge in [0.1, 0.15) is 6.54 Å². The van der Waals surface area contributed by atoms with Crippen LogP contribution in [0.2, 0.25) is 0 Å². The van der Waals surface area contributed by atoms with Crippen molar-refractivity contribution in [1.82, 2.24) is 9.88 Å². The van der Waals surface area contributed by atoms with Gasteiger partial charge in [-0.1, -0.05) is 0 Å². The minimum atomic E-state index is -0.239. The number of anilines is 1. The number of aromatic nitrogens is 1. The van der Waals surface area contributed by atoms with Crippen molar-refractivity contribution < 1.29 is 4.79 Å². The van der Waals surface area contributed by atoms with E-state index < -0.39 is 0 Å². The number of amides is 1. The van der Waals surface area contributed by atoms with Crippen LogP contribution in [-0.4, -0.2) is 10.5 Å². The number of carbonyl (C=O) groups is 1. The average molecular weight is 277 g/mol. The van der Waals surface area contributed by atoms with Crippen molar-refractivity contribution >= 4 is 22.9 Å². The van der Waals surface area contributed by atoms with Gasteiger partial charge in [-0.05, 0) is 30.0 Å². The molecule has 0 aromatic carbocycles. The van der Waals surface area contributed by atoms with Crippen molar-refractivity contribution in [3.05, 3.63) is 50.6 Å². The maximum Gasteiger partial charge on any atom is 0.251 e. The van der Waals surface area contributed by atoms with Gasteiger partial charge in [0.05, 0.1) is 6.54 Å². The number of pyridine rings is 1. The zero-order valence-electron chi connectivity index (χ0n) is 10.6. The quantitative estimate of drug-likeness (QED) is 0.879.